The molecule has 0 saturated carbocycles. The number of nitro groups is 1. The summed E-state index contributed by atoms with van der Waals surface area (Å²) in [5.74, 6) is -4.09. The minimum atomic E-state index is -2.47. The van der Waals surface area contributed by atoms with Gasteiger partial charge in [-0.1, -0.05) is 12.1 Å². The van der Waals surface area contributed by atoms with E-state index in [1.54, 1.807) is 0 Å². The normalized spacial score (nSPS) is 34.1. The van der Waals surface area contributed by atoms with E-state index in [0.717, 1.165) is 12.1 Å². The van der Waals surface area contributed by atoms with Gasteiger partial charge >= 0.3 is 5.97 Å². The van der Waals surface area contributed by atoms with Gasteiger partial charge in [-0.25, -0.2) is 4.79 Å². The zero-order chi connectivity index (χ0) is 17.4. The van der Waals surface area contributed by atoms with Crippen LogP contribution in [-0.2, 0) is 16.0 Å². The molecule has 0 spiro atoms. The quantitative estimate of drug-likeness (QED) is 0.322. The second-order valence-electron chi connectivity index (χ2n) is 5.25. The van der Waals surface area contributed by atoms with Crippen molar-refractivity contribution in [3.05, 3.63) is 39.9 Å². The predicted molar refractivity (Wildman–Crippen MR) is 72.3 cm³/mol. The summed E-state index contributed by atoms with van der Waals surface area (Å²) in [6, 6.07) is 4.90. The maximum absolute atomic E-state index is 11.0. The van der Waals surface area contributed by atoms with Crippen molar-refractivity contribution in [1.29, 1.82) is 0 Å². The molecule has 10 nitrogen and oxygen atoms in total. The fourth-order valence-electron chi connectivity index (χ4n) is 2.36. The molecule has 5 atom stereocenters. The lowest BCUT2D eigenvalue weighted by Crippen LogP contribution is -2.66. The predicted octanol–water partition coefficient (Wildman–Crippen LogP) is -1.61. The van der Waals surface area contributed by atoms with E-state index in [0.29, 0.717) is 5.56 Å². The van der Waals surface area contributed by atoms with Crippen molar-refractivity contribution in [3.63, 3.8) is 0 Å². The van der Waals surface area contributed by atoms with Crippen LogP contribution in [0.4, 0.5) is 5.69 Å². The number of carboxylic acid groups (broad SMARTS) is 1. The van der Waals surface area contributed by atoms with Crippen molar-refractivity contribution in [2.24, 2.45) is 0 Å². The number of hydrogen-bond acceptors (Lipinski definition) is 8. The average molecular weight is 329 g/mol. The fourth-order valence-corrected chi connectivity index (χ4v) is 2.36. The van der Waals surface area contributed by atoms with Gasteiger partial charge < -0.3 is 30.3 Å². The first-order valence-electron chi connectivity index (χ1n) is 6.56. The molecular formula is C13H15NO9. The number of nitrogens with zero attached hydrogens (tertiary/aromatic N) is 1. The van der Waals surface area contributed by atoms with E-state index in [9.17, 15) is 35.3 Å². The summed E-state index contributed by atoms with van der Waals surface area (Å²) in [7, 11) is 0. The highest BCUT2D eigenvalue weighted by Gasteiger charge is 2.54. The van der Waals surface area contributed by atoms with Crippen LogP contribution in [0.5, 0.6) is 0 Å². The molecule has 1 aliphatic rings. The summed E-state index contributed by atoms with van der Waals surface area (Å²) < 4.78 is 4.87. The third-order valence-corrected chi connectivity index (χ3v) is 3.62. The number of rotatable bonds is 4. The smallest absolute Gasteiger partial charge is 0.335 e. The Labute approximate surface area is 129 Å². The Morgan fingerprint density at radius 3 is 2.26 bits per heavy atom. The first-order valence-corrected chi connectivity index (χ1v) is 6.56. The maximum atomic E-state index is 11.0. The van der Waals surface area contributed by atoms with Crippen LogP contribution in [-0.4, -0.2) is 66.6 Å². The van der Waals surface area contributed by atoms with E-state index in [1.165, 1.54) is 12.1 Å². The first kappa shape index (κ1) is 17.2. The van der Waals surface area contributed by atoms with Crippen LogP contribution < -0.4 is 0 Å². The number of non-ortho nitro benzene ring substituents is 1. The van der Waals surface area contributed by atoms with Crippen LogP contribution >= 0.6 is 0 Å². The Kier molecular flexibility index (Phi) is 4.63. The maximum Gasteiger partial charge on any atom is 0.335 e. The van der Waals surface area contributed by atoms with Gasteiger partial charge in [0.1, 0.15) is 18.3 Å². The van der Waals surface area contributed by atoms with Crippen LogP contribution in [0.25, 0.3) is 0 Å². The van der Waals surface area contributed by atoms with Crippen molar-refractivity contribution in [3.8, 4) is 0 Å². The number of benzene rings is 1. The summed E-state index contributed by atoms with van der Waals surface area (Å²) in [6.07, 6.45) is -8.20. The lowest BCUT2D eigenvalue weighted by atomic mass is 9.88. The van der Waals surface area contributed by atoms with Gasteiger partial charge in [0, 0.05) is 18.6 Å². The molecule has 2 rings (SSSR count). The largest absolute Gasteiger partial charge is 0.479 e. The minimum Gasteiger partial charge on any atom is -0.479 e. The van der Waals surface area contributed by atoms with Gasteiger partial charge in [-0.3, -0.25) is 10.1 Å². The van der Waals surface area contributed by atoms with Crippen molar-refractivity contribution in [2.75, 3.05) is 0 Å². The van der Waals surface area contributed by atoms with E-state index in [-0.39, 0.29) is 5.69 Å². The Hall–Kier alpha value is -2.11. The molecule has 1 saturated heterocycles. The van der Waals surface area contributed by atoms with Crippen LogP contribution in [0.2, 0.25) is 0 Å². The lowest BCUT2D eigenvalue weighted by Gasteiger charge is -2.44. The van der Waals surface area contributed by atoms with Gasteiger partial charge in [0.05, 0.1) is 4.92 Å². The standard InChI is InChI=1S/C13H15NO9/c15-8-9(16)11(17)13(20,23-10(8)12(18)19)5-6-1-3-7(4-2-6)14(21)22/h1-4,8-11,15-17,20H,5H2,(H,18,19)/t8-,9+,10+,11-,13-/m1/s1. The molecule has 23 heavy (non-hydrogen) atoms. The van der Waals surface area contributed by atoms with Crippen LogP contribution in [0.3, 0.4) is 0 Å². The molecule has 1 aromatic rings. The number of aliphatic hydroxyl groups is 4. The Morgan fingerprint density at radius 2 is 1.78 bits per heavy atom. The van der Waals surface area contributed by atoms with E-state index >= 15 is 0 Å². The first-order chi connectivity index (χ1) is 10.7. The summed E-state index contributed by atoms with van der Waals surface area (Å²) in [5.41, 5.74) is 0.106. The molecule has 0 bridgehead atoms. The van der Waals surface area contributed by atoms with E-state index in [2.05, 4.69) is 0 Å². The molecule has 5 N–H and O–H groups in total. The van der Waals surface area contributed by atoms with E-state index in [4.69, 9.17) is 9.84 Å². The number of aliphatic carboxylic acids is 1. The highest BCUT2D eigenvalue weighted by atomic mass is 16.7. The van der Waals surface area contributed by atoms with Gasteiger partial charge in [0.25, 0.3) is 5.69 Å². The Bertz CT molecular complexity index is 604. The molecule has 0 amide bonds. The second-order valence-corrected chi connectivity index (χ2v) is 5.25. The molecule has 0 radical (unpaired) electrons. The van der Waals surface area contributed by atoms with Gasteiger partial charge in [0.15, 0.2) is 11.9 Å². The number of hydrogen-bond donors (Lipinski definition) is 5. The minimum absolute atomic E-state index is 0.190. The number of carbonyl (C=O) groups is 1. The summed E-state index contributed by atoms with van der Waals surface area (Å²) in [4.78, 5) is 21.0. The van der Waals surface area contributed by atoms with E-state index < -0.39 is 47.5 Å². The van der Waals surface area contributed by atoms with Crippen molar-refractivity contribution in [2.45, 2.75) is 36.6 Å². The van der Waals surface area contributed by atoms with Crippen LogP contribution in [0, 0.1) is 10.1 Å². The summed E-state index contributed by atoms with van der Waals surface area (Å²) in [6.45, 7) is 0. The number of ether oxygens (including phenoxy) is 1. The number of aliphatic hydroxyl groups excluding tert-OH is 3. The monoisotopic (exact) mass is 329 g/mol. The van der Waals surface area contributed by atoms with Crippen molar-refractivity contribution < 1.29 is 40.0 Å². The molecular weight excluding hydrogens is 314 g/mol. The molecule has 0 aromatic heterocycles. The third kappa shape index (κ3) is 3.30. The van der Waals surface area contributed by atoms with Crippen molar-refractivity contribution >= 4 is 11.7 Å². The molecule has 1 aromatic carbocycles. The van der Waals surface area contributed by atoms with Crippen LogP contribution in [0.1, 0.15) is 5.56 Å². The summed E-state index contributed by atoms with van der Waals surface area (Å²) >= 11 is 0. The molecule has 10 heteroatoms. The van der Waals surface area contributed by atoms with E-state index in [1.807, 2.05) is 0 Å². The molecule has 1 fully saturated rings. The topological polar surface area (TPSA) is 171 Å². The van der Waals surface area contributed by atoms with Gasteiger partial charge in [0.2, 0.25) is 0 Å². The lowest BCUT2D eigenvalue weighted by molar-refractivity contribution is -0.384. The van der Waals surface area contributed by atoms with Gasteiger partial charge in [-0.05, 0) is 5.56 Å². The second kappa shape index (κ2) is 6.18. The Morgan fingerprint density at radius 1 is 1.22 bits per heavy atom. The molecule has 0 aliphatic carbocycles. The van der Waals surface area contributed by atoms with Gasteiger partial charge in [-0.15, -0.1) is 0 Å². The molecule has 0 unspecified atom stereocenters. The fraction of sp³-hybridized carbons (Fsp3) is 0.462. The number of nitro benzene ring substituents is 1. The SMILES string of the molecule is O=C(O)[C@H]1O[C@](O)(Cc2ccc([N+](=O)[O-])cc2)[C@H](O)[C@@H](O)[C@H]1O. The summed E-state index contributed by atoms with van der Waals surface area (Å²) in [5, 5.41) is 59.0. The highest BCUT2D eigenvalue weighted by Crippen LogP contribution is 2.31. The molecule has 1 aliphatic heterocycles. The average Bonchev–Trinajstić information content (AvgIpc) is 2.49. The third-order valence-electron chi connectivity index (χ3n) is 3.62. The van der Waals surface area contributed by atoms with Crippen LogP contribution in [0.15, 0.2) is 24.3 Å². The van der Waals surface area contributed by atoms with Crippen molar-refractivity contribution in [1.82, 2.24) is 0 Å². The molecule has 1 heterocycles. The zero-order valence-electron chi connectivity index (χ0n) is 11.6. The Balaban J connectivity index is 2.24. The zero-order valence-corrected chi connectivity index (χ0v) is 11.6. The number of carboxylic acids is 1. The van der Waals surface area contributed by atoms with Gasteiger partial charge in [-0.2, -0.15) is 0 Å². The highest BCUT2D eigenvalue weighted by molar-refractivity contribution is 5.73. The molecule has 126 valence electrons.